The van der Waals surface area contributed by atoms with Crippen molar-refractivity contribution in [1.82, 2.24) is 0 Å². The van der Waals surface area contributed by atoms with Gasteiger partial charge < -0.3 is 4.74 Å². The van der Waals surface area contributed by atoms with Crippen LogP contribution in [0.25, 0.3) is 98.7 Å². The van der Waals surface area contributed by atoms with E-state index >= 15 is 0 Å². The van der Waals surface area contributed by atoms with Crippen molar-refractivity contribution in [1.29, 1.82) is 0 Å². The maximum absolute atomic E-state index is 6.62. The van der Waals surface area contributed by atoms with Gasteiger partial charge in [0.2, 0.25) is 0 Å². The molecule has 0 saturated heterocycles. The monoisotopic (exact) mass is 646 g/mol. The van der Waals surface area contributed by atoms with E-state index in [1.165, 1.54) is 87.8 Å². The highest BCUT2D eigenvalue weighted by atomic mass is 16.5. The van der Waals surface area contributed by atoms with E-state index in [-0.39, 0.29) is 0 Å². The molecule has 0 amide bonds. The summed E-state index contributed by atoms with van der Waals surface area (Å²) in [6.07, 6.45) is 0. The average Bonchev–Trinajstić information content (AvgIpc) is 3.20. The minimum absolute atomic E-state index is 0.893. The van der Waals surface area contributed by atoms with E-state index in [1.807, 2.05) is 0 Å². The molecular formula is C50H30O. The van der Waals surface area contributed by atoms with Crippen LogP contribution in [0, 0.1) is 0 Å². The lowest BCUT2D eigenvalue weighted by Gasteiger charge is -2.23. The predicted molar refractivity (Wildman–Crippen MR) is 215 cm³/mol. The molecule has 0 saturated carbocycles. The lowest BCUT2D eigenvalue weighted by molar-refractivity contribution is 0.487. The van der Waals surface area contributed by atoms with Crippen molar-refractivity contribution >= 4 is 43.1 Å². The first-order valence-corrected chi connectivity index (χ1v) is 17.6. The first-order chi connectivity index (χ1) is 25.3. The molecule has 0 N–H and O–H groups in total. The van der Waals surface area contributed by atoms with Crippen molar-refractivity contribution in [2.24, 2.45) is 0 Å². The van der Waals surface area contributed by atoms with E-state index in [0.717, 1.165) is 22.4 Å². The molecule has 10 aromatic carbocycles. The second kappa shape index (κ2) is 10.9. The third-order valence-electron chi connectivity index (χ3n) is 10.8. The van der Waals surface area contributed by atoms with Gasteiger partial charge in [-0.3, -0.25) is 0 Å². The molecule has 0 unspecified atom stereocenters. The first kappa shape index (κ1) is 28.2. The molecule has 11 rings (SSSR count). The molecule has 1 heteroatoms. The van der Waals surface area contributed by atoms with Gasteiger partial charge in [0.05, 0.1) is 0 Å². The normalized spacial score (nSPS) is 12.1. The number of benzene rings is 10. The fourth-order valence-corrected chi connectivity index (χ4v) is 8.42. The Morgan fingerprint density at radius 1 is 0.255 bits per heavy atom. The summed E-state index contributed by atoms with van der Waals surface area (Å²) in [5, 5.41) is 10.1. The van der Waals surface area contributed by atoms with Gasteiger partial charge in [0, 0.05) is 10.9 Å². The summed E-state index contributed by atoms with van der Waals surface area (Å²) in [4.78, 5) is 0. The predicted octanol–water partition coefficient (Wildman–Crippen LogP) is 14.2. The molecule has 1 aliphatic rings. The van der Waals surface area contributed by atoms with Crippen molar-refractivity contribution in [2.75, 3.05) is 0 Å². The molecule has 10 aromatic rings. The average molecular weight is 647 g/mol. The van der Waals surface area contributed by atoms with Gasteiger partial charge in [-0.15, -0.1) is 0 Å². The van der Waals surface area contributed by atoms with E-state index < -0.39 is 0 Å². The standard InChI is InChI=1S/C50H30O/c1-3-9-31(10-4-1)36-21-25-46-45(30-36)43-16-8-15-42-41(24-26-47(51-46)50(42)43)39-28-37(32-11-5-2-6-12-32)27-38(29-39)40-22-19-35-18-17-33-13-7-14-34-20-23-44(40)49(35)48(33)34/h1-30H. The number of ether oxygens (including phenoxy) is 1. The molecule has 0 aliphatic carbocycles. The van der Waals surface area contributed by atoms with Crippen LogP contribution in [0.15, 0.2) is 182 Å². The van der Waals surface area contributed by atoms with Crippen LogP contribution in [0.2, 0.25) is 0 Å². The maximum atomic E-state index is 6.62. The summed E-state index contributed by atoms with van der Waals surface area (Å²) < 4.78 is 6.62. The Bertz CT molecular complexity index is 2960. The molecule has 0 aromatic heterocycles. The van der Waals surface area contributed by atoms with Gasteiger partial charge in [-0.2, -0.15) is 0 Å². The van der Waals surface area contributed by atoms with Gasteiger partial charge in [-0.1, -0.05) is 146 Å². The van der Waals surface area contributed by atoms with E-state index in [0.29, 0.717) is 0 Å². The van der Waals surface area contributed by atoms with Crippen LogP contribution in [0.1, 0.15) is 0 Å². The zero-order valence-electron chi connectivity index (χ0n) is 27.7. The highest BCUT2D eigenvalue weighted by molar-refractivity contribution is 6.25. The highest BCUT2D eigenvalue weighted by Crippen LogP contribution is 2.50. The van der Waals surface area contributed by atoms with E-state index in [2.05, 4.69) is 182 Å². The molecular weight excluding hydrogens is 617 g/mol. The van der Waals surface area contributed by atoms with E-state index in [1.54, 1.807) is 0 Å². The second-order valence-electron chi connectivity index (χ2n) is 13.7. The lowest BCUT2D eigenvalue weighted by Crippen LogP contribution is -1.98. The van der Waals surface area contributed by atoms with Crippen molar-refractivity contribution in [3.8, 4) is 67.1 Å². The van der Waals surface area contributed by atoms with Crippen molar-refractivity contribution in [3.05, 3.63) is 182 Å². The maximum Gasteiger partial charge on any atom is 0.135 e. The number of hydrogen-bond acceptors (Lipinski definition) is 1. The third-order valence-corrected chi connectivity index (χ3v) is 10.8. The zero-order valence-corrected chi connectivity index (χ0v) is 27.7. The van der Waals surface area contributed by atoms with E-state index in [9.17, 15) is 0 Å². The van der Waals surface area contributed by atoms with Crippen LogP contribution in [-0.2, 0) is 0 Å². The second-order valence-corrected chi connectivity index (χ2v) is 13.7. The van der Waals surface area contributed by atoms with Gasteiger partial charge >= 0.3 is 0 Å². The van der Waals surface area contributed by atoms with Crippen molar-refractivity contribution in [3.63, 3.8) is 0 Å². The Morgan fingerprint density at radius 3 is 1.57 bits per heavy atom. The highest BCUT2D eigenvalue weighted by Gasteiger charge is 2.23. The third kappa shape index (κ3) is 4.35. The topological polar surface area (TPSA) is 9.23 Å². The van der Waals surface area contributed by atoms with Gasteiger partial charge in [0.1, 0.15) is 11.5 Å². The Hall–Kier alpha value is -6.70. The van der Waals surface area contributed by atoms with Crippen LogP contribution in [0.3, 0.4) is 0 Å². The van der Waals surface area contributed by atoms with Crippen molar-refractivity contribution in [2.45, 2.75) is 0 Å². The number of fused-ring (bicyclic) bond motifs is 2. The Labute approximate surface area is 296 Å². The lowest BCUT2D eigenvalue weighted by atomic mass is 9.86. The summed E-state index contributed by atoms with van der Waals surface area (Å²) in [7, 11) is 0. The molecule has 236 valence electrons. The Kier molecular flexibility index (Phi) is 6.02. The zero-order chi connectivity index (χ0) is 33.5. The summed E-state index contributed by atoms with van der Waals surface area (Å²) in [5.41, 5.74) is 11.9. The molecule has 0 spiro atoms. The van der Waals surface area contributed by atoms with Crippen LogP contribution in [-0.4, -0.2) is 0 Å². The van der Waals surface area contributed by atoms with Crippen LogP contribution < -0.4 is 4.74 Å². The van der Waals surface area contributed by atoms with Gasteiger partial charge in [0.15, 0.2) is 0 Å². The Balaban J connectivity index is 1.14. The largest absolute Gasteiger partial charge is 0.456 e. The summed E-state index contributed by atoms with van der Waals surface area (Å²) in [6.45, 7) is 0. The van der Waals surface area contributed by atoms with Gasteiger partial charge in [-0.05, 0) is 124 Å². The number of rotatable bonds is 4. The molecule has 1 aliphatic heterocycles. The van der Waals surface area contributed by atoms with Gasteiger partial charge in [-0.25, -0.2) is 0 Å². The number of hydrogen-bond donors (Lipinski definition) is 0. The minimum atomic E-state index is 0.893. The summed E-state index contributed by atoms with van der Waals surface area (Å²) >= 11 is 0. The summed E-state index contributed by atoms with van der Waals surface area (Å²) in [6, 6.07) is 66.3. The molecule has 1 nitrogen and oxygen atoms in total. The van der Waals surface area contributed by atoms with Gasteiger partial charge in [0.25, 0.3) is 0 Å². The van der Waals surface area contributed by atoms with Crippen LogP contribution in [0.5, 0.6) is 11.5 Å². The smallest absolute Gasteiger partial charge is 0.135 e. The quantitative estimate of drug-likeness (QED) is 0.173. The van der Waals surface area contributed by atoms with Crippen LogP contribution in [0.4, 0.5) is 0 Å². The molecule has 0 radical (unpaired) electrons. The molecule has 0 atom stereocenters. The minimum Gasteiger partial charge on any atom is -0.456 e. The fraction of sp³-hybridized carbons (Fsp3) is 0. The molecule has 1 heterocycles. The molecule has 0 bridgehead atoms. The first-order valence-electron chi connectivity index (χ1n) is 17.6. The summed E-state index contributed by atoms with van der Waals surface area (Å²) in [5.74, 6) is 1.79. The fourth-order valence-electron chi connectivity index (χ4n) is 8.42. The van der Waals surface area contributed by atoms with E-state index in [4.69, 9.17) is 4.74 Å². The van der Waals surface area contributed by atoms with Crippen molar-refractivity contribution < 1.29 is 4.74 Å². The molecule has 0 fully saturated rings. The van der Waals surface area contributed by atoms with Crippen LogP contribution >= 0.6 is 0 Å². The SMILES string of the molecule is c1ccc(-c2cc(-c3ccc4c5c(cccc35)-c3cc(-c5ccccc5)ccc3O4)cc(-c3ccc4ccc5cccc6ccc3c4c56)c2)cc1. The molecule has 51 heavy (non-hydrogen) atoms. The Morgan fingerprint density at radius 2 is 0.824 bits per heavy atom.